The second-order valence-electron chi connectivity index (χ2n) is 4.75. The van der Waals surface area contributed by atoms with Gasteiger partial charge >= 0.3 is 0 Å². The smallest absolute Gasteiger partial charge is 0.258 e. The summed E-state index contributed by atoms with van der Waals surface area (Å²) in [5.74, 6) is -0.572. The van der Waals surface area contributed by atoms with Crippen LogP contribution in [0.25, 0.3) is 0 Å². The summed E-state index contributed by atoms with van der Waals surface area (Å²) in [4.78, 5) is 14.1. The quantitative estimate of drug-likeness (QED) is 0.819. The van der Waals surface area contributed by atoms with E-state index in [1.165, 1.54) is 12.1 Å². The number of benzene rings is 2. The third-order valence-corrected chi connectivity index (χ3v) is 3.57. The van der Waals surface area contributed by atoms with E-state index in [9.17, 15) is 9.18 Å². The Kier molecular flexibility index (Phi) is 3.10. The first-order chi connectivity index (χ1) is 9.54. The molecule has 5 heteroatoms. The summed E-state index contributed by atoms with van der Waals surface area (Å²) in [5, 5.41) is 0.409. The summed E-state index contributed by atoms with van der Waals surface area (Å²) >= 11 is 5.92. The van der Waals surface area contributed by atoms with Gasteiger partial charge in [-0.05, 0) is 42.3 Å². The first-order valence-corrected chi connectivity index (χ1v) is 6.59. The average Bonchev–Trinajstić information content (AvgIpc) is 2.79. The molecule has 0 unspecified atom stereocenters. The first kappa shape index (κ1) is 12.9. The van der Waals surface area contributed by atoms with Crippen LogP contribution in [0.2, 0.25) is 5.02 Å². The van der Waals surface area contributed by atoms with Gasteiger partial charge in [0.1, 0.15) is 5.82 Å². The number of carbonyl (C=O) groups excluding carboxylic acids is 1. The van der Waals surface area contributed by atoms with Crippen molar-refractivity contribution in [1.82, 2.24) is 0 Å². The molecule has 1 amide bonds. The largest absolute Gasteiger partial charge is 0.399 e. The van der Waals surface area contributed by atoms with Gasteiger partial charge in [-0.15, -0.1) is 0 Å². The molecule has 0 atom stereocenters. The Morgan fingerprint density at radius 1 is 1.25 bits per heavy atom. The highest BCUT2D eigenvalue weighted by molar-refractivity contribution is 6.31. The number of fused-ring (bicyclic) bond motifs is 1. The van der Waals surface area contributed by atoms with Gasteiger partial charge in [-0.3, -0.25) is 4.79 Å². The number of amides is 1. The molecule has 1 heterocycles. The summed E-state index contributed by atoms with van der Waals surface area (Å²) in [5.41, 5.74) is 8.13. The number of nitrogens with zero attached hydrogens (tertiary/aromatic N) is 1. The summed E-state index contributed by atoms with van der Waals surface area (Å²) in [7, 11) is 0. The van der Waals surface area contributed by atoms with Gasteiger partial charge in [0, 0.05) is 22.8 Å². The van der Waals surface area contributed by atoms with Gasteiger partial charge in [0.25, 0.3) is 5.91 Å². The highest BCUT2D eigenvalue weighted by Crippen LogP contribution is 2.30. The first-order valence-electron chi connectivity index (χ1n) is 6.21. The standard InChI is InChI=1S/C15H12ClFN2O/c16-11-5-10(6-13(18)7-11)15(20)19-4-3-9-1-2-12(17)8-14(9)19/h1-2,5-8H,3-4,18H2. The molecule has 102 valence electrons. The minimum atomic E-state index is -0.353. The van der Waals surface area contributed by atoms with Crippen LogP contribution in [0.4, 0.5) is 15.8 Å². The van der Waals surface area contributed by atoms with E-state index in [0.29, 0.717) is 28.5 Å². The molecule has 1 aliphatic rings. The average molecular weight is 291 g/mol. The number of carbonyl (C=O) groups is 1. The fourth-order valence-corrected chi connectivity index (χ4v) is 2.70. The number of nitrogens with two attached hydrogens (primary N) is 1. The Bertz CT molecular complexity index is 682. The highest BCUT2D eigenvalue weighted by atomic mass is 35.5. The van der Waals surface area contributed by atoms with E-state index in [1.54, 1.807) is 29.2 Å². The molecule has 0 fully saturated rings. The molecule has 2 aromatic rings. The van der Waals surface area contributed by atoms with Gasteiger partial charge in [-0.1, -0.05) is 17.7 Å². The van der Waals surface area contributed by atoms with E-state index < -0.39 is 0 Å². The second kappa shape index (κ2) is 4.80. The van der Waals surface area contributed by atoms with Crippen molar-refractivity contribution in [1.29, 1.82) is 0 Å². The van der Waals surface area contributed by atoms with Crippen LogP contribution >= 0.6 is 11.6 Å². The van der Waals surface area contributed by atoms with E-state index in [-0.39, 0.29) is 11.7 Å². The zero-order chi connectivity index (χ0) is 14.3. The molecule has 3 rings (SSSR count). The molecule has 1 aliphatic heterocycles. The van der Waals surface area contributed by atoms with Gasteiger partial charge in [-0.2, -0.15) is 0 Å². The SMILES string of the molecule is Nc1cc(Cl)cc(C(=O)N2CCc3ccc(F)cc32)c1. The van der Waals surface area contributed by atoms with Crippen LogP contribution in [-0.4, -0.2) is 12.5 Å². The summed E-state index contributed by atoms with van der Waals surface area (Å²) < 4.78 is 13.4. The summed E-state index contributed by atoms with van der Waals surface area (Å²) in [6, 6.07) is 9.22. The van der Waals surface area contributed by atoms with E-state index >= 15 is 0 Å². The van der Waals surface area contributed by atoms with Crippen LogP contribution in [0.5, 0.6) is 0 Å². The molecule has 0 aliphatic carbocycles. The molecule has 0 saturated carbocycles. The Balaban J connectivity index is 1.99. The highest BCUT2D eigenvalue weighted by Gasteiger charge is 2.26. The lowest BCUT2D eigenvalue weighted by Gasteiger charge is -2.17. The van der Waals surface area contributed by atoms with Crippen molar-refractivity contribution in [2.45, 2.75) is 6.42 Å². The third-order valence-electron chi connectivity index (χ3n) is 3.36. The minimum absolute atomic E-state index is 0.219. The predicted molar refractivity (Wildman–Crippen MR) is 77.6 cm³/mol. The summed E-state index contributed by atoms with van der Waals surface area (Å²) in [6.45, 7) is 0.532. The topological polar surface area (TPSA) is 46.3 Å². The Hall–Kier alpha value is -2.07. The number of anilines is 2. The molecule has 2 aromatic carbocycles. The van der Waals surface area contributed by atoms with Crippen LogP contribution in [0.1, 0.15) is 15.9 Å². The van der Waals surface area contributed by atoms with Crippen LogP contribution in [0.15, 0.2) is 36.4 Å². The number of rotatable bonds is 1. The number of hydrogen-bond donors (Lipinski definition) is 1. The predicted octanol–water partition coefficient (Wildman–Crippen LogP) is 3.26. The van der Waals surface area contributed by atoms with Gasteiger partial charge in [0.2, 0.25) is 0 Å². The molecule has 0 saturated heterocycles. The maximum atomic E-state index is 13.4. The van der Waals surface area contributed by atoms with Crippen molar-refractivity contribution >= 4 is 28.9 Å². The molecule has 20 heavy (non-hydrogen) atoms. The van der Waals surface area contributed by atoms with Gasteiger partial charge < -0.3 is 10.6 Å². The van der Waals surface area contributed by atoms with Crippen molar-refractivity contribution in [2.24, 2.45) is 0 Å². The Labute approximate surface area is 120 Å². The lowest BCUT2D eigenvalue weighted by Crippen LogP contribution is -2.29. The fraction of sp³-hybridized carbons (Fsp3) is 0.133. The molecule has 2 N–H and O–H groups in total. The van der Waals surface area contributed by atoms with E-state index in [4.69, 9.17) is 17.3 Å². The van der Waals surface area contributed by atoms with E-state index in [0.717, 1.165) is 12.0 Å². The molecule has 0 spiro atoms. The second-order valence-corrected chi connectivity index (χ2v) is 5.19. The van der Waals surface area contributed by atoms with Crippen molar-refractivity contribution in [3.63, 3.8) is 0 Å². The maximum absolute atomic E-state index is 13.4. The molecule has 0 aromatic heterocycles. The van der Waals surface area contributed by atoms with Crippen molar-refractivity contribution in [3.05, 3.63) is 58.4 Å². The van der Waals surface area contributed by atoms with Gasteiger partial charge in [-0.25, -0.2) is 4.39 Å². The monoisotopic (exact) mass is 290 g/mol. The lowest BCUT2D eigenvalue weighted by atomic mass is 10.1. The lowest BCUT2D eigenvalue weighted by molar-refractivity contribution is 0.0989. The molecule has 0 radical (unpaired) electrons. The number of hydrogen-bond acceptors (Lipinski definition) is 2. The third kappa shape index (κ3) is 2.23. The van der Waals surface area contributed by atoms with E-state index in [2.05, 4.69) is 0 Å². The Morgan fingerprint density at radius 2 is 2.05 bits per heavy atom. The van der Waals surface area contributed by atoms with Crippen LogP contribution in [-0.2, 0) is 6.42 Å². The fourth-order valence-electron chi connectivity index (χ4n) is 2.45. The summed E-state index contributed by atoms with van der Waals surface area (Å²) in [6.07, 6.45) is 0.720. The van der Waals surface area contributed by atoms with Crippen LogP contribution in [0.3, 0.4) is 0 Å². The number of halogens is 2. The molecular formula is C15H12ClFN2O. The van der Waals surface area contributed by atoms with Gasteiger partial charge in [0.15, 0.2) is 0 Å². The number of nitrogen functional groups attached to an aromatic ring is 1. The van der Waals surface area contributed by atoms with Crippen molar-refractivity contribution < 1.29 is 9.18 Å². The van der Waals surface area contributed by atoms with Crippen molar-refractivity contribution in [3.8, 4) is 0 Å². The minimum Gasteiger partial charge on any atom is -0.399 e. The molecule has 3 nitrogen and oxygen atoms in total. The van der Waals surface area contributed by atoms with Crippen LogP contribution < -0.4 is 10.6 Å². The zero-order valence-electron chi connectivity index (χ0n) is 10.6. The van der Waals surface area contributed by atoms with Gasteiger partial charge in [0.05, 0.1) is 5.69 Å². The van der Waals surface area contributed by atoms with Crippen LogP contribution in [0, 0.1) is 5.82 Å². The van der Waals surface area contributed by atoms with E-state index in [1.807, 2.05) is 0 Å². The normalized spacial score (nSPS) is 13.4. The molecular weight excluding hydrogens is 279 g/mol. The van der Waals surface area contributed by atoms with Crippen molar-refractivity contribution in [2.75, 3.05) is 17.2 Å². The zero-order valence-corrected chi connectivity index (χ0v) is 11.3. The Morgan fingerprint density at radius 3 is 2.80 bits per heavy atom. The maximum Gasteiger partial charge on any atom is 0.258 e. The molecule has 0 bridgehead atoms.